The van der Waals surface area contributed by atoms with Crippen LogP contribution in [0.2, 0.25) is 0 Å². The second-order valence-corrected chi connectivity index (χ2v) is 9.23. The van der Waals surface area contributed by atoms with Crippen LogP contribution in [0.1, 0.15) is 70.8 Å². The van der Waals surface area contributed by atoms with E-state index in [1.165, 1.54) is 4.57 Å². The lowest BCUT2D eigenvalue weighted by atomic mass is 9.88. The number of aromatic nitrogens is 4. The first-order chi connectivity index (χ1) is 15.5. The summed E-state index contributed by atoms with van der Waals surface area (Å²) < 4.78 is 16.7. The minimum absolute atomic E-state index is 0.186. The summed E-state index contributed by atoms with van der Waals surface area (Å²) in [5.41, 5.74) is -1.27. The summed E-state index contributed by atoms with van der Waals surface area (Å²) in [5, 5.41) is 11.8. The van der Waals surface area contributed by atoms with Crippen molar-refractivity contribution in [2.45, 2.75) is 95.9 Å². The molecule has 3 aliphatic rings. The highest BCUT2D eigenvalue weighted by molar-refractivity contribution is 5.71. The van der Waals surface area contributed by atoms with Crippen LogP contribution in [0.4, 0.5) is 0 Å². The van der Waals surface area contributed by atoms with Crippen molar-refractivity contribution < 1.29 is 14.6 Å². The number of imidazole rings is 1. The molecule has 0 amide bonds. The van der Waals surface area contributed by atoms with Gasteiger partial charge in [0.1, 0.15) is 17.7 Å². The zero-order valence-electron chi connectivity index (χ0n) is 18.8. The van der Waals surface area contributed by atoms with E-state index in [-0.39, 0.29) is 23.5 Å². The van der Waals surface area contributed by atoms with Crippen LogP contribution in [0, 0.1) is 0 Å². The van der Waals surface area contributed by atoms with E-state index in [1.807, 2.05) is 26.0 Å². The van der Waals surface area contributed by atoms with E-state index in [0.29, 0.717) is 55.9 Å². The quantitative estimate of drug-likeness (QED) is 0.686. The molecule has 5 heterocycles. The van der Waals surface area contributed by atoms with Crippen LogP contribution < -0.4 is 11.2 Å². The maximum Gasteiger partial charge on any atom is 0.332 e. The van der Waals surface area contributed by atoms with Gasteiger partial charge in [0.2, 0.25) is 0 Å². The summed E-state index contributed by atoms with van der Waals surface area (Å²) in [6.07, 6.45) is 7.98. The smallest absolute Gasteiger partial charge is 0.332 e. The predicted octanol–water partition coefficient (Wildman–Crippen LogP) is 2.18. The van der Waals surface area contributed by atoms with Gasteiger partial charge in [0.05, 0.1) is 12.2 Å². The van der Waals surface area contributed by atoms with E-state index >= 15 is 0 Å². The van der Waals surface area contributed by atoms with Crippen LogP contribution in [0.3, 0.4) is 0 Å². The van der Waals surface area contributed by atoms with Gasteiger partial charge in [-0.25, -0.2) is 9.78 Å². The number of hydrogen-bond acceptors (Lipinski definition) is 6. The van der Waals surface area contributed by atoms with Crippen LogP contribution in [-0.4, -0.2) is 42.6 Å². The number of hydrogen-bond donors (Lipinski definition) is 1. The molecule has 2 aromatic rings. The predicted molar refractivity (Wildman–Crippen MR) is 119 cm³/mol. The first kappa shape index (κ1) is 21.6. The average molecular weight is 445 g/mol. The highest BCUT2D eigenvalue weighted by atomic mass is 16.5. The van der Waals surface area contributed by atoms with Crippen molar-refractivity contribution in [2.24, 2.45) is 0 Å². The molecule has 3 aliphatic heterocycles. The van der Waals surface area contributed by atoms with Crippen LogP contribution >= 0.6 is 0 Å². The van der Waals surface area contributed by atoms with Gasteiger partial charge < -0.3 is 14.6 Å². The average Bonchev–Trinajstić information content (AvgIpc) is 3.36. The van der Waals surface area contributed by atoms with Gasteiger partial charge in [-0.05, 0) is 32.1 Å². The fourth-order valence-corrected chi connectivity index (χ4v) is 5.37. The minimum Gasteiger partial charge on any atom is -0.382 e. The molecule has 5 rings (SSSR count). The molecule has 0 aromatic carbocycles. The number of ether oxygens (including phenoxy) is 2. The van der Waals surface area contributed by atoms with Gasteiger partial charge in [-0.15, -0.1) is 0 Å². The largest absolute Gasteiger partial charge is 0.382 e. The molecule has 0 saturated carbocycles. The van der Waals surface area contributed by atoms with Crippen LogP contribution in [-0.2, 0) is 28.2 Å². The first-order valence-electron chi connectivity index (χ1n) is 11.9. The van der Waals surface area contributed by atoms with E-state index in [1.54, 1.807) is 9.13 Å². The molecule has 2 saturated heterocycles. The molecule has 0 radical (unpaired) electrons. The topological polar surface area (TPSA) is 101 Å². The van der Waals surface area contributed by atoms with Crippen molar-refractivity contribution in [1.82, 2.24) is 18.7 Å². The molecule has 3 unspecified atom stereocenters. The Balaban J connectivity index is 1.80. The van der Waals surface area contributed by atoms with Gasteiger partial charge in [-0.2, -0.15) is 0 Å². The van der Waals surface area contributed by atoms with Gasteiger partial charge >= 0.3 is 5.69 Å². The number of fused-ring (bicyclic) bond motifs is 3. The molecule has 1 N–H and O–H groups in total. The molecule has 9 heteroatoms. The van der Waals surface area contributed by atoms with E-state index in [0.717, 1.165) is 25.7 Å². The van der Waals surface area contributed by atoms with E-state index in [9.17, 15) is 14.7 Å². The van der Waals surface area contributed by atoms with Crippen molar-refractivity contribution in [3.8, 4) is 0 Å². The summed E-state index contributed by atoms with van der Waals surface area (Å²) in [4.78, 5) is 31.6. The van der Waals surface area contributed by atoms with Crippen LogP contribution in [0.25, 0.3) is 11.2 Å². The molecule has 2 aromatic heterocycles. The van der Waals surface area contributed by atoms with Crippen molar-refractivity contribution >= 4 is 11.2 Å². The second-order valence-electron chi connectivity index (χ2n) is 9.23. The maximum atomic E-state index is 13.6. The third-order valence-electron chi connectivity index (χ3n) is 6.78. The van der Waals surface area contributed by atoms with E-state index in [2.05, 4.69) is 0 Å². The molecule has 2 bridgehead atoms. The fraction of sp³-hybridized carbons (Fsp3) is 0.696. The zero-order chi connectivity index (χ0) is 22.5. The highest BCUT2D eigenvalue weighted by Gasteiger charge is 2.47. The summed E-state index contributed by atoms with van der Waals surface area (Å²) in [7, 11) is 0. The Bertz CT molecular complexity index is 1140. The van der Waals surface area contributed by atoms with Crippen molar-refractivity contribution in [3.63, 3.8) is 0 Å². The lowest BCUT2D eigenvalue weighted by Gasteiger charge is -2.37. The van der Waals surface area contributed by atoms with Crippen molar-refractivity contribution in [1.29, 1.82) is 0 Å². The number of nitrogens with zero attached hydrogens (tertiary/aromatic N) is 4. The van der Waals surface area contributed by atoms with Gasteiger partial charge in [0.25, 0.3) is 5.56 Å². The van der Waals surface area contributed by atoms with Crippen molar-refractivity contribution in [2.75, 3.05) is 6.61 Å². The Kier molecular flexibility index (Phi) is 5.59. The Hall–Kier alpha value is -2.23. The Morgan fingerprint density at radius 2 is 1.78 bits per heavy atom. The third kappa shape index (κ3) is 3.38. The van der Waals surface area contributed by atoms with Crippen LogP contribution in [0.5, 0.6) is 0 Å². The second kappa shape index (κ2) is 8.28. The minimum atomic E-state index is -1.27. The Labute approximate surface area is 186 Å². The van der Waals surface area contributed by atoms with Gasteiger partial charge in [-0.1, -0.05) is 26.0 Å². The lowest BCUT2D eigenvalue weighted by Crippen LogP contribution is -2.43. The van der Waals surface area contributed by atoms with E-state index < -0.39 is 11.8 Å². The van der Waals surface area contributed by atoms with Crippen LogP contribution in [0.15, 0.2) is 21.7 Å². The zero-order valence-corrected chi connectivity index (χ0v) is 18.8. The summed E-state index contributed by atoms with van der Waals surface area (Å²) in [5.74, 6) is 0.414. The van der Waals surface area contributed by atoms with Gasteiger partial charge in [0, 0.05) is 32.5 Å². The highest BCUT2D eigenvalue weighted by Crippen LogP contribution is 2.43. The number of rotatable bonds is 6. The normalized spacial score (nSPS) is 29.8. The summed E-state index contributed by atoms with van der Waals surface area (Å²) >= 11 is 0. The fourth-order valence-electron chi connectivity index (χ4n) is 5.37. The molecule has 0 aliphatic carbocycles. The van der Waals surface area contributed by atoms with Gasteiger partial charge in [-0.3, -0.25) is 18.5 Å². The van der Waals surface area contributed by atoms with Gasteiger partial charge in [0.15, 0.2) is 11.2 Å². The Morgan fingerprint density at radius 3 is 2.41 bits per heavy atom. The molecular weight excluding hydrogens is 412 g/mol. The summed E-state index contributed by atoms with van der Waals surface area (Å²) in [6.45, 7) is 5.33. The molecule has 32 heavy (non-hydrogen) atoms. The van der Waals surface area contributed by atoms with E-state index in [4.69, 9.17) is 14.5 Å². The molecular formula is C23H32N4O5. The molecule has 0 spiro atoms. The monoisotopic (exact) mass is 444 g/mol. The molecule has 3 atom stereocenters. The Morgan fingerprint density at radius 1 is 1.09 bits per heavy atom. The molecule has 9 nitrogen and oxygen atoms in total. The first-order valence-corrected chi connectivity index (χ1v) is 11.9. The standard InChI is InChI=1S/C23H32N4O5/c1-3-10-25-19-18(20(28)26(11-4-2)22(25)29)27(17-7-5-6-12-31-17)21(24-19)23(30)13-15-8-9-16(14-23)32-15/h8-9,15-17,30H,3-7,10-14H2,1-2H3. The lowest BCUT2D eigenvalue weighted by molar-refractivity contribution is -0.118. The molecule has 174 valence electrons. The maximum absolute atomic E-state index is 13.6. The number of aryl methyl sites for hydroxylation is 1. The summed E-state index contributed by atoms with van der Waals surface area (Å²) in [6, 6.07) is 0. The van der Waals surface area contributed by atoms with Crippen molar-refractivity contribution in [3.05, 3.63) is 38.8 Å². The third-order valence-corrected chi connectivity index (χ3v) is 6.78. The number of aliphatic hydroxyl groups is 1. The SMILES string of the molecule is CCCn1c(=O)c2c(nc(C3(O)CC4C=CC(C3)O4)n2C2CCCCO2)n(CCC)c1=O. The molecule has 2 fully saturated rings.